The Hall–Kier alpha value is -4.07. The topological polar surface area (TPSA) is 83.9 Å². The van der Waals surface area contributed by atoms with Crippen LogP contribution in [-0.4, -0.2) is 36.9 Å². The molecule has 3 aromatic heterocycles. The van der Waals surface area contributed by atoms with Crippen LogP contribution in [0.25, 0.3) is 5.69 Å². The van der Waals surface area contributed by atoms with Crippen LogP contribution in [0.2, 0.25) is 0 Å². The van der Waals surface area contributed by atoms with Crippen LogP contribution in [0.15, 0.2) is 72.0 Å². The molecule has 160 valence electrons. The fourth-order valence-electron chi connectivity index (χ4n) is 4.17. The van der Waals surface area contributed by atoms with Crippen LogP contribution in [0.1, 0.15) is 39.0 Å². The van der Waals surface area contributed by atoms with E-state index in [1.54, 1.807) is 36.6 Å². The van der Waals surface area contributed by atoms with E-state index in [4.69, 9.17) is 0 Å². The Labute approximate surface area is 183 Å². The summed E-state index contributed by atoms with van der Waals surface area (Å²) < 4.78 is 14.7. The lowest BCUT2D eigenvalue weighted by molar-refractivity contribution is 0.0684. The fourth-order valence-corrected chi connectivity index (χ4v) is 4.17. The molecule has 0 saturated heterocycles. The summed E-state index contributed by atoms with van der Waals surface area (Å²) in [7, 11) is 0. The van der Waals surface area contributed by atoms with Gasteiger partial charge in [-0.1, -0.05) is 6.07 Å². The summed E-state index contributed by atoms with van der Waals surface area (Å²) in [5.41, 5.74) is 3.06. The molecule has 32 heavy (non-hydrogen) atoms. The first-order chi connectivity index (χ1) is 15.5. The van der Waals surface area contributed by atoms with Gasteiger partial charge in [0.2, 0.25) is 0 Å². The van der Waals surface area contributed by atoms with Gasteiger partial charge in [-0.3, -0.25) is 19.1 Å². The number of nitrogens with zero attached hydrogens (tertiary/aromatic N) is 4. The molecule has 8 heteroatoms. The van der Waals surface area contributed by atoms with Crippen molar-refractivity contribution in [3.63, 3.8) is 0 Å². The van der Waals surface area contributed by atoms with E-state index in [9.17, 15) is 14.0 Å². The molecule has 0 spiro atoms. The molecule has 4 aromatic rings. The molecule has 1 unspecified atom stereocenters. The number of benzene rings is 1. The molecule has 1 aromatic carbocycles. The zero-order valence-electron chi connectivity index (χ0n) is 17.3. The first kappa shape index (κ1) is 19.9. The minimum absolute atomic E-state index is 0.0803. The standard InChI is InChI=1S/C24H20FN5O2/c1-15-9-12-29(17-7-5-16(25)6-8-17)23(31)20(15)24(32)30-13-10-18-21(28-14-27-18)22(30)19-4-2-3-11-26-19/h2-9,11-12,14,22H,10,13H2,1H3,(H,27,28). The van der Waals surface area contributed by atoms with Gasteiger partial charge in [0.15, 0.2) is 0 Å². The highest BCUT2D eigenvalue weighted by Crippen LogP contribution is 2.33. The van der Waals surface area contributed by atoms with Crippen molar-refractivity contribution in [3.05, 3.63) is 112 Å². The Morgan fingerprint density at radius 3 is 2.69 bits per heavy atom. The second-order valence-corrected chi connectivity index (χ2v) is 7.70. The second-order valence-electron chi connectivity index (χ2n) is 7.70. The minimum atomic E-state index is -0.503. The molecule has 1 amide bonds. The summed E-state index contributed by atoms with van der Waals surface area (Å²) in [6, 6.07) is 12.3. The highest BCUT2D eigenvalue weighted by molar-refractivity contribution is 5.96. The van der Waals surface area contributed by atoms with Crippen LogP contribution >= 0.6 is 0 Å². The number of fused-ring (bicyclic) bond motifs is 1. The Morgan fingerprint density at radius 1 is 1.12 bits per heavy atom. The largest absolute Gasteiger partial charge is 0.348 e. The third-order valence-electron chi connectivity index (χ3n) is 5.77. The number of carbonyl (C=O) groups excluding carboxylic acids is 1. The molecule has 1 aliphatic heterocycles. The second kappa shape index (κ2) is 7.88. The van der Waals surface area contributed by atoms with Gasteiger partial charge in [-0.05, 0) is 55.0 Å². The molecule has 0 bridgehead atoms. The van der Waals surface area contributed by atoms with Crippen LogP contribution < -0.4 is 5.56 Å². The van der Waals surface area contributed by atoms with Gasteiger partial charge in [-0.25, -0.2) is 9.37 Å². The molecule has 4 heterocycles. The van der Waals surface area contributed by atoms with Crippen LogP contribution in [0, 0.1) is 12.7 Å². The molecule has 7 nitrogen and oxygen atoms in total. The van der Waals surface area contributed by atoms with Crippen molar-refractivity contribution in [2.75, 3.05) is 6.54 Å². The maximum atomic E-state index is 13.8. The van der Waals surface area contributed by atoms with Gasteiger partial charge in [0.1, 0.15) is 17.4 Å². The van der Waals surface area contributed by atoms with Crippen molar-refractivity contribution in [2.24, 2.45) is 0 Å². The van der Waals surface area contributed by atoms with E-state index >= 15 is 0 Å². The van der Waals surface area contributed by atoms with Gasteiger partial charge < -0.3 is 9.88 Å². The summed E-state index contributed by atoms with van der Waals surface area (Å²) in [6.45, 7) is 2.16. The van der Waals surface area contributed by atoms with Gasteiger partial charge in [0.25, 0.3) is 11.5 Å². The molecule has 0 aliphatic carbocycles. The predicted octanol–water partition coefficient (Wildman–Crippen LogP) is 3.19. The van der Waals surface area contributed by atoms with Crippen LogP contribution in [0.4, 0.5) is 4.39 Å². The first-order valence-electron chi connectivity index (χ1n) is 10.3. The van der Waals surface area contributed by atoms with E-state index in [0.29, 0.717) is 29.9 Å². The smallest absolute Gasteiger partial charge is 0.268 e. The molecule has 0 saturated carbocycles. The fraction of sp³-hybridized carbons (Fsp3) is 0.167. The monoisotopic (exact) mass is 429 g/mol. The van der Waals surface area contributed by atoms with Gasteiger partial charge in [0.05, 0.1) is 17.7 Å². The lowest BCUT2D eigenvalue weighted by Crippen LogP contribution is -2.44. The molecule has 0 radical (unpaired) electrons. The van der Waals surface area contributed by atoms with Crippen molar-refractivity contribution in [3.8, 4) is 5.69 Å². The summed E-state index contributed by atoms with van der Waals surface area (Å²) >= 11 is 0. The molecular formula is C24H20FN5O2. The first-order valence-corrected chi connectivity index (χ1v) is 10.3. The van der Waals surface area contributed by atoms with E-state index in [-0.39, 0.29) is 11.5 Å². The van der Waals surface area contributed by atoms with Crippen molar-refractivity contribution < 1.29 is 9.18 Å². The molecular weight excluding hydrogens is 409 g/mol. The number of aromatic nitrogens is 4. The Morgan fingerprint density at radius 2 is 1.94 bits per heavy atom. The van der Waals surface area contributed by atoms with E-state index < -0.39 is 17.4 Å². The highest BCUT2D eigenvalue weighted by Gasteiger charge is 2.36. The summed E-state index contributed by atoms with van der Waals surface area (Å²) in [4.78, 5) is 40.9. The number of halogens is 1. The Kier molecular flexibility index (Phi) is 4.89. The van der Waals surface area contributed by atoms with Crippen LogP contribution in [-0.2, 0) is 6.42 Å². The molecule has 0 fully saturated rings. The number of hydrogen-bond acceptors (Lipinski definition) is 4. The van der Waals surface area contributed by atoms with Crippen molar-refractivity contribution >= 4 is 5.91 Å². The summed E-state index contributed by atoms with van der Waals surface area (Å²) in [6.07, 6.45) is 5.49. The van der Waals surface area contributed by atoms with Gasteiger partial charge in [0, 0.05) is 36.7 Å². The zero-order chi connectivity index (χ0) is 22.2. The maximum Gasteiger partial charge on any atom is 0.268 e. The number of hydrogen-bond donors (Lipinski definition) is 1. The average Bonchev–Trinajstić information content (AvgIpc) is 3.29. The number of pyridine rings is 2. The lowest BCUT2D eigenvalue weighted by Gasteiger charge is -2.34. The SMILES string of the molecule is Cc1ccn(-c2ccc(F)cc2)c(=O)c1C(=O)N1CCc2[nH]cnc2C1c1ccccn1. The van der Waals surface area contributed by atoms with Crippen LogP contribution in [0.3, 0.4) is 0 Å². The van der Waals surface area contributed by atoms with E-state index in [2.05, 4.69) is 15.0 Å². The van der Waals surface area contributed by atoms with Crippen molar-refractivity contribution in [2.45, 2.75) is 19.4 Å². The van der Waals surface area contributed by atoms with Gasteiger partial charge >= 0.3 is 0 Å². The Balaban J connectivity index is 1.61. The number of aromatic amines is 1. The molecule has 1 atom stereocenters. The van der Waals surface area contributed by atoms with Crippen molar-refractivity contribution in [1.82, 2.24) is 24.4 Å². The van der Waals surface area contributed by atoms with Gasteiger partial charge in [-0.2, -0.15) is 0 Å². The Bertz CT molecular complexity index is 1350. The molecule has 1 aliphatic rings. The highest BCUT2D eigenvalue weighted by atomic mass is 19.1. The van der Waals surface area contributed by atoms with Gasteiger partial charge in [-0.15, -0.1) is 0 Å². The number of nitrogens with one attached hydrogen (secondary N) is 1. The normalized spacial score (nSPS) is 15.4. The van der Waals surface area contributed by atoms with Crippen LogP contribution in [0.5, 0.6) is 0 Å². The van der Waals surface area contributed by atoms with Crippen molar-refractivity contribution in [1.29, 1.82) is 0 Å². The number of imidazole rings is 1. The molecule has 5 rings (SSSR count). The quantitative estimate of drug-likeness (QED) is 0.542. The predicted molar refractivity (Wildman–Crippen MR) is 116 cm³/mol. The maximum absolute atomic E-state index is 13.8. The van der Waals surface area contributed by atoms with E-state index in [1.165, 1.54) is 28.8 Å². The third-order valence-corrected chi connectivity index (χ3v) is 5.77. The van der Waals surface area contributed by atoms with E-state index in [1.807, 2.05) is 18.2 Å². The average molecular weight is 429 g/mol. The number of carbonyl (C=O) groups is 1. The van der Waals surface area contributed by atoms with E-state index in [0.717, 1.165) is 11.4 Å². The zero-order valence-corrected chi connectivity index (χ0v) is 17.3. The number of rotatable bonds is 3. The minimum Gasteiger partial charge on any atom is -0.348 e. The summed E-state index contributed by atoms with van der Waals surface area (Å²) in [5, 5.41) is 0. The number of H-pyrrole nitrogens is 1. The molecule has 1 N–H and O–H groups in total. The lowest BCUT2D eigenvalue weighted by atomic mass is 9.97. The number of aryl methyl sites for hydroxylation is 1. The summed E-state index contributed by atoms with van der Waals surface area (Å²) in [5.74, 6) is -0.778. The third kappa shape index (κ3) is 3.30. The number of amides is 1.